The number of rotatable bonds is 5. The Kier molecular flexibility index (Phi) is 5.07. The van der Waals surface area contributed by atoms with E-state index in [2.05, 4.69) is 15.7 Å². The number of anilines is 1. The summed E-state index contributed by atoms with van der Waals surface area (Å²) in [7, 11) is 0. The molecule has 0 spiro atoms. The highest BCUT2D eigenvalue weighted by molar-refractivity contribution is 7.98. The van der Waals surface area contributed by atoms with Gasteiger partial charge in [-0.25, -0.2) is 10.8 Å². The van der Waals surface area contributed by atoms with Crippen molar-refractivity contribution in [2.45, 2.75) is 13.0 Å². The van der Waals surface area contributed by atoms with Gasteiger partial charge >= 0.3 is 0 Å². The zero-order chi connectivity index (χ0) is 12.0. The number of nitrogens with zero attached hydrogens (tertiary/aromatic N) is 1. The lowest BCUT2D eigenvalue weighted by Gasteiger charge is -2.12. The first-order valence-corrected chi connectivity index (χ1v) is 6.29. The monoisotopic (exact) mass is 240 g/mol. The maximum absolute atomic E-state index is 11.7. The number of carbonyl (C=O) groups excluding carboxylic acids is 1. The molecule has 1 aromatic rings. The molecular formula is C10H16N4OS. The summed E-state index contributed by atoms with van der Waals surface area (Å²) < 4.78 is 0. The van der Waals surface area contributed by atoms with E-state index >= 15 is 0 Å². The number of pyridine rings is 1. The van der Waals surface area contributed by atoms with Gasteiger partial charge in [0.05, 0.1) is 5.56 Å². The first kappa shape index (κ1) is 12.8. The lowest BCUT2D eigenvalue weighted by Crippen LogP contribution is -2.34. The molecule has 0 aliphatic rings. The lowest BCUT2D eigenvalue weighted by atomic mass is 10.2. The van der Waals surface area contributed by atoms with E-state index in [9.17, 15) is 4.79 Å². The number of nitrogens with one attached hydrogen (secondary N) is 2. The van der Waals surface area contributed by atoms with Gasteiger partial charge in [-0.05, 0) is 25.3 Å². The number of hydrogen-bond acceptors (Lipinski definition) is 5. The maximum atomic E-state index is 11.7. The molecule has 1 heterocycles. The van der Waals surface area contributed by atoms with Gasteiger partial charge in [-0.3, -0.25) is 4.79 Å². The van der Waals surface area contributed by atoms with Crippen LogP contribution >= 0.6 is 11.8 Å². The third-order valence-electron chi connectivity index (χ3n) is 1.97. The highest BCUT2D eigenvalue weighted by Crippen LogP contribution is 2.04. The first-order valence-electron chi connectivity index (χ1n) is 4.90. The summed E-state index contributed by atoms with van der Waals surface area (Å²) in [6.07, 6.45) is 3.50. The fourth-order valence-corrected chi connectivity index (χ4v) is 1.80. The molecule has 88 valence electrons. The van der Waals surface area contributed by atoms with Crippen LogP contribution in [0.5, 0.6) is 0 Å². The van der Waals surface area contributed by atoms with E-state index in [1.165, 1.54) is 6.20 Å². The van der Waals surface area contributed by atoms with Gasteiger partial charge in [0.15, 0.2) is 0 Å². The average molecular weight is 240 g/mol. The van der Waals surface area contributed by atoms with E-state index < -0.39 is 0 Å². The molecule has 0 aromatic carbocycles. The first-order chi connectivity index (χ1) is 7.67. The van der Waals surface area contributed by atoms with Gasteiger partial charge in [-0.1, -0.05) is 0 Å². The van der Waals surface area contributed by atoms with Gasteiger partial charge in [0.1, 0.15) is 5.82 Å². The molecule has 1 atom stereocenters. The van der Waals surface area contributed by atoms with Crippen LogP contribution in [0.4, 0.5) is 5.82 Å². The quantitative estimate of drug-likeness (QED) is 0.525. The normalized spacial score (nSPS) is 11.9. The minimum absolute atomic E-state index is 0.113. The summed E-state index contributed by atoms with van der Waals surface area (Å²) in [6, 6.07) is 3.49. The fraction of sp³-hybridized carbons (Fsp3) is 0.400. The van der Waals surface area contributed by atoms with Crippen molar-refractivity contribution in [1.82, 2.24) is 10.3 Å². The fourth-order valence-electron chi connectivity index (χ4n) is 1.21. The van der Waals surface area contributed by atoms with E-state index in [0.717, 1.165) is 5.75 Å². The van der Waals surface area contributed by atoms with Crippen molar-refractivity contribution in [3.05, 3.63) is 23.9 Å². The Morgan fingerprint density at radius 1 is 1.62 bits per heavy atom. The molecule has 5 nitrogen and oxygen atoms in total. The third kappa shape index (κ3) is 3.71. The Morgan fingerprint density at radius 3 is 2.88 bits per heavy atom. The van der Waals surface area contributed by atoms with Crippen LogP contribution in [0.2, 0.25) is 0 Å². The second-order valence-electron chi connectivity index (χ2n) is 3.41. The summed E-state index contributed by atoms with van der Waals surface area (Å²) in [4.78, 5) is 15.7. The molecule has 1 unspecified atom stereocenters. The highest BCUT2D eigenvalue weighted by atomic mass is 32.2. The number of nitrogens with two attached hydrogens (primary N) is 1. The van der Waals surface area contributed by atoms with Gasteiger partial charge in [0.25, 0.3) is 5.91 Å². The predicted octanol–water partition coefficient (Wildman–Crippen LogP) is 0.849. The Labute approximate surface area is 99.2 Å². The molecule has 0 bridgehead atoms. The van der Waals surface area contributed by atoms with Crippen LogP contribution < -0.4 is 16.6 Å². The molecule has 0 aliphatic heterocycles. The van der Waals surface area contributed by atoms with Crippen LogP contribution in [0.1, 0.15) is 17.3 Å². The molecule has 0 saturated heterocycles. The van der Waals surface area contributed by atoms with E-state index in [-0.39, 0.29) is 11.9 Å². The molecule has 4 N–H and O–H groups in total. The van der Waals surface area contributed by atoms with Crippen molar-refractivity contribution in [1.29, 1.82) is 0 Å². The third-order valence-corrected chi connectivity index (χ3v) is 2.80. The topological polar surface area (TPSA) is 80.0 Å². The van der Waals surface area contributed by atoms with Gasteiger partial charge < -0.3 is 10.7 Å². The molecule has 1 aromatic heterocycles. The lowest BCUT2D eigenvalue weighted by molar-refractivity contribution is 0.0943. The van der Waals surface area contributed by atoms with Crippen molar-refractivity contribution < 1.29 is 4.79 Å². The highest BCUT2D eigenvalue weighted by Gasteiger charge is 2.09. The smallest absolute Gasteiger partial charge is 0.253 e. The minimum Gasteiger partial charge on any atom is -0.349 e. The Hall–Kier alpha value is -1.27. The van der Waals surface area contributed by atoms with Gasteiger partial charge in [0.2, 0.25) is 0 Å². The summed E-state index contributed by atoms with van der Waals surface area (Å²) in [5.41, 5.74) is 2.94. The zero-order valence-electron chi connectivity index (χ0n) is 9.36. The van der Waals surface area contributed by atoms with E-state index in [4.69, 9.17) is 5.84 Å². The molecule has 6 heteroatoms. The predicted molar refractivity (Wildman–Crippen MR) is 67.4 cm³/mol. The van der Waals surface area contributed by atoms with Crippen molar-refractivity contribution in [3.63, 3.8) is 0 Å². The zero-order valence-corrected chi connectivity index (χ0v) is 10.2. The molecule has 0 radical (unpaired) electrons. The summed E-state index contributed by atoms with van der Waals surface area (Å²) >= 11 is 1.70. The summed E-state index contributed by atoms with van der Waals surface area (Å²) in [5.74, 6) is 6.49. The van der Waals surface area contributed by atoms with E-state index in [1.807, 2.05) is 13.2 Å². The Bertz CT molecular complexity index is 341. The van der Waals surface area contributed by atoms with Gasteiger partial charge in [0, 0.05) is 18.0 Å². The standard InChI is InChI=1S/C10H16N4OS/c1-7(6-16-2)13-10(15)8-3-4-9(14-11)12-5-8/h3-5,7H,6,11H2,1-2H3,(H,12,14)(H,13,15). The molecule has 16 heavy (non-hydrogen) atoms. The number of aromatic nitrogens is 1. The number of hydrogen-bond donors (Lipinski definition) is 3. The minimum atomic E-state index is -0.113. The van der Waals surface area contributed by atoms with Crippen LogP contribution in [0.25, 0.3) is 0 Å². The number of thioether (sulfide) groups is 1. The Morgan fingerprint density at radius 2 is 2.38 bits per heavy atom. The van der Waals surface area contributed by atoms with Crippen molar-refractivity contribution in [3.8, 4) is 0 Å². The van der Waals surface area contributed by atoms with E-state index in [0.29, 0.717) is 11.4 Å². The molecule has 0 aliphatic carbocycles. The second-order valence-corrected chi connectivity index (χ2v) is 4.32. The largest absolute Gasteiger partial charge is 0.349 e. The van der Waals surface area contributed by atoms with Crippen LogP contribution in [0, 0.1) is 0 Å². The summed E-state index contributed by atoms with van der Waals surface area (Å²) in [5, 5.41) is 2.88. The molecule has 1 amide bonds. The molecular weight excluding hydrogens is 224 g/mol. The van der Waals surface area contributed by atoms with E-state index in [1.54, 1.807) is 23.9 Å². The van der Waals surface area contributed by atoms with Crippen LogP contribution in [0.15, 0.2) is 18.3 Å². The number of carbonyl (C=O) groups is 1. The number of hydrazine groups is 1. The van der Waals surface area contributed by atoms with Crippen LogP contribution in [0.3, 0.4) is 0 Å². The molecule has 0 saturated carbocycles. The van der Waals surface area contributed by atoms with Gasteiger partial charge in [-0.2, -0.15) is 11.8 Å². The van der Waals surface area contributed by atoms with Crippen molar-refractivity contribution in [2.24, 2.45) is 5.84 Å². The number of nitrogen functional groups attached to an aromatic ring is 1. The summed E-state index contributed by atoms with van der Waals surface area (Å²) in [6.45, 7) is 1.97. The maximum Gasteiger partial charge on any atom is 0.253 e. The van der Waals surface area contributed by atoms with Crippen LogP contribution in [-0.4, -0.2) is 28.9 Å². The SMILES string of the molecule is CSCC(C)NC(=O)c1ccc(NN)nc1. The van der Waals surface area contributed by atoms with Crippen molar-refractivity contribution in [2.75, 3.05) is 17.4 Å². The second kappa shape index (κ2) is 6.34. The molecule has 1 rings (SSSR count). The average Bonchev–Trinajstić information content (AvgIpc) is 2.29. The molecule has 0 fully saturated rings. The van der Waals surface area contributed by atoms with Crippen molar-refractivity contribution >= 4 is 23.5 Å². The van der Waals surface area contributed by atoms with Crippen LogP contribution in [-0.2, 0) is 0 Å². The number of amides is 1. The Balaban J connectivity index is 2.59. The van der Waals surface area contributed by atoms with Gasteiger partial charge in [-0.15, -0.1) is 0 Å².